The van der Waals surface area contributed by atoms with Crippen LogP contribution in [0, 0.1) is 6.92 Å². The lowest BCUT2D eigenvalue weighted by atomic mass is 10.0. The molecular weight excluding hydrogens is 214 g/mol. The van der Waals surface area contributed by atoms with Crippen molar-refractivity contribution in [1.82, 2.24) is 9.97 Å². The Kier molecular flexibility index (Phi) is 3.62. The second kappa shape index (κ2) is 5.00. The molecule has 0 bridgehead atoms. The van der Waals surface area contributed by atoms with Crippen LogP contribution in [0.3, 0.4) is 0 Å². The Morgan fingerprint density at radius 2 is 2.29 bits per heavy atom. The van der Waals surface area contributed by atoms with Gasteiger partial charge in [0.15, 0.2) is 0 Å². The summed E-state index contributed by atoms with van der Waals surface area (Å²) in [5.74, 6) is 1.73. The van der Waals surface area contributed by atoms with E-state index in [-0.39, 0.29) is 5.60 Å². The van der Waals surface area contributed by atoms with Crippen molar-refractivity contribution in [2.75, 3.05) is 18.5 Å². The Morgan fingerprint density at radius 1 is 1.47 bits per heavy atom. The maximum Gasteiger partial charge on any atom is 0.130 e. The van der Waals surface area contributed by atoms with Crippen LogP contribution in [0.1, 0.15) is 38.2 Å². The fraction of sp³-hybridized carbons (Fsp3) is 0.692. The minimum atomic E-state index is -0.0365. The molecule has 1 fully saturated rings. The molecule has 1 aromatic rings. The van der Waals surface area contributed by atoms with E-state index in [4.69, 9.17) is 4.74 Å². The van der Waals surface area contributed by atoms with E-state index in [1.54, 1.807) is 0 Å². The van der Waals surface area contributed by atoms with Crippen molar-refractivity contribution >= 4 is 5.82 Å². The number of hydrogen-bond acceptors (Lipinski definition) is 4. The van der Waals surface area contributed by atoms with Crippen molar-refractivity contribution in [2.24, 2.45) is 0 Å². The van der Waals surface area contributed by atoms with Crippen molar-refractivity contribution in [3.05, 3.63) is 17.6 Å². The van der Waals surface area contributed by atoms with Gasteiger partial charge in [0.05, 0.1) is 5.60 Å². The second-order valence-electron chi connectivity index (χ2n) is 4.90. The SMILES string of the molecule is CCc1cc(NCC2(C)CCCO2)nc(C)n1. The fourth-order valence-electron chi connectivity index (χ4n) is 2.15. The molecule has 1 aliphatic heterocycles. The molecule has 4 nitrogen and oxygen atoms in total. The summed E-state index contributed by atoms with van der Waals surface area (Å²) in [6.45, 7) is 7.88. The molecule has 0 spiro atoms. The lowest BCUT2D eigenvalue weighted by Crippen LogP contribution is -2.32. The lowest BCUT2D eigenvalue weighted by Gasteiger charge is -2.23. The van der Waals surface area contributed by atoms with Gasteiger partial charge >= 0.3 is 0 Å². The molecule has 0 aromatic carbocycles. The minimum absolute atomic E-state index is 0.0365. The molecule has 0 aliphatic carbocycles. The smallest absolute Gasteiger partial charge is 0.130 e. The van der Waals surface area contributed by atoms with Crippen LogP contribution < -0.4 is 5.32 Å². The number of aryl methyl sites for hydroxylation is 2. The molecule has 0 saturated carbocycles. The maximum atomic E-state index is 5.74. The fourth-order valence-corrected chi connectivity index (χ4v) is 2.15. The van der Waals surface area contributed by atoms with Crippen molar-refractivity contribution in [3.8, 4) is 0 Å². The van der Waals surface area contributed by atoms with Crippen molar-refractivity contribution < 1.29 is 4.74 Å². The number of hydrogen-bond donors (Lipinski definition) is 1. The Hall–Kier alpha value is -1.16. The van der Waals surface area contributed by atoms with Crippen molar-refractivity contribution in [3.63, 3.8) is 0 Å². The van der Waals surface area contributed by atoms with Crippen LogP contribution in [0.25, 0.3) is 0 Å². The number of nitrogens with one attached hydrogen (secondary N) is 1. The molecule has 2 heterocycles. The third-order valence-electron chi connectivity index (χ3n) is 3.20. The van der Waals surface area contributed by atoms with E-state index in [2.05, 4.69) is 29.1 Å². The Balaban J connectivity index is 2.00. The Morgan fingerprint density at radius 3 is 2.94 bits per heavy atom. The number of anilines is 1. The van der Waals surface area contributed by atoms with Gasteiger partial charge < -0.3 is 10.1 Å². The van der Waals surface area contributed by atoms with E-state index in [1.807, 2.05) is 13.0 Å². The summed E-state index contributed by atoms with van der Waals surface area (Å²) in [6.07, 6.45) is 3.21. The summed E-state index contributed by atoms with van der Waals surface area (Å²) in [5.41, 5.74) is 1.04. The van der Waals surface area contributed by atoms with Gasteiger partial charge in [0, 0.05) is 24.9 Å². The summed E-state index contributed by atoms with van der Waals surface area (Å²) in [4.78, 5) is 8.76. The monoisotopic (exact) mass is 235 g/mol. The van der Waals surface area contributed by atoms with Crippen molar-refractivity contribution in [2.45, 2.75) is 45.6 Å². The number of ether oxygens (including phenoxy) is 1. The highest BCUT2D eigenvalue weighted by Crippen LogP contribution is 2.25. The summed E-state index contributed by atoms with van der Waals surface area (Å²) in [7, 11) is 0. The topological polar surface area (TPSA) is 47.0 Å². The number of nitrogens with zero attached hydrogens (tertiary/aromatic N) is 2. The molecule has 1 atom stereocenters. The van der Waals surface area contributed by atoms with E-state index < -0.39 is 0 Å². The largest absolute Gasteiger partial charge is 0.373 e. The first-order chi connectivity index (χ1) is 8.11. The highest BCUT2D eigenvalue weighted by Gasteiger charge is 2.29. The zero-order chi connectivity index (χ0) is 12.3. The summed E-state index contributed by atoms with van der Waals surface area (Å²) >= 11 is 0. The van der Waals surface area contributed by atoms with Gasteiger partial charge in [0.25, 0.3) is 0 Å². The van der Waals surface area contributed by atoms with Crippen LogP contribution >= 0.6 is 0 Å². The van der Waals surface area contributed by atoms with E-state index in [0.29, 0.717) is 0 Å². The molecule has 94 valence electrons. The van der Waals surface area contributed by atoms with Gasteiger partial charge in [-0.2, -0.15) is 0 Å². The first-order valence-corrected chi connectivity index (χ1v) is 6.34. The molecule has 0 amide bonds. The van der Waals surface area contributed by atoms with Gasteiger partial charge in [-0.1, -0.05) is 6.92 Å². The van der Waals surface area contributed by atoms with Gasteiger partial charge in [0.2, 0.25) is 0 Å². The third kappa shape index (κ3) is 3.16. The molecule has 1 aliphatic rings. The van der Waals surface area contributed by atoms with Gasteiger partial charge in [-0.25, -0.2) is 9.97 Å². The minimum Gasteiger partial charge on any atom is -0.373 e. The zero-order valence-corrected chi connectivity index (χ0v) is 10.9. The molecule has 1 aromatic heterocycles. The molecule has 1 saturated heterocycles. The third-order valence-corrected chi connectivity index (χ3v) is 3.20. The van der Waals surface area contributed by atoms with E-state index in [9.17, 15) is 0 Å². The summed E-state index contributed by atoms with van der Waals surface area (Å²) < 4.78 is 5.74. The lowest BCUT2D eigenvalue weighted by molar-refractivity contribution is 0.0314. The molecule has 2 rings (SSSR count). The van der Waals surface area contributed by atoms with Crippen LogP contribution in [0.15, 0.2) is 6.07 Å². The molecule has 1 N–H and O–H groups in total. The standard InChI is InChI=1S/C13H21N3O/c1-4-11-8-12(16-10(2)15-11)14-9-13(3)6-5-7-17-13/h8H,4-7,9H2,1-3H3,(H,14,15,16). The van der Waals surface area contributed by atoms with Crippen LogP contribution in [0.2, 0.25) is 0 Å². The van der Waals surface area contributed by atoms with E-state index >= 15 is 0 Å². The summed E-state index contributed by atoms with van der Waals surface area (Å²) in [6, 6.07) is 2.02. The van der Waals surface area contributed by atoms with Crippen LogP contribution in [-0.4, -0.2) is 28.7 Å². The normalized spacial score (nSPS) is 23.9. The molecular formula is C13H21N3O. The quantitative estimate of drug-likeness (QED) is 0.870. The molecule has 1 unspecified atom stereocenters. The van der Waals surface area contributed by atoms with Crippen molar-refractivity contribution in [1.29, 1.82) is 0 Å². The average molecular weight is 235 g/mol. The first-order valence-electron chi connectivity index (χ1n) is 6.34. The molecule has 17 heavy (non-hydrogen) atoms. The van der Waals surface area contributed by atoms with Crippen LogP contribution in [-0.2, 0) is 11.2 Å². The predicted molar refractivity (Wildman–Crippen MR) is 68.2 cm³/mol. The van der Waals surface area contributed by atoms with Gasteiger partial charge in [-0.3, -0.25) is 0 Å². The van der Waals surface area contributed by atoms with E-state index in [0.717, 1.165) is 49.8 Å². The molecule has 0 radical (unpaired) electrons. The Labute approximate surface area is 103 Å². The van der Waals surface area contributed by atoms with Gasteiger partial charge in [-0.05, 0) is 33.1 Å². The van der Waals surface area contributed by atoms with Gasteiger partial charge in [-0.15, -0.1) is 0 Å². The predicted octanol–water partition coefficient (Wildman–Crippen LogP) is 2.33. The van der Waals surface area contributed by atoms with Gasteiger partial charge in [0.1, 0.15) is 11.6 Å². The average Bonchev–Trinajstić information content (AvgIpc) is 2.73. The second-order valence-corrected chi connectivity index (χ2v) is 4.90. The number of aromatic nitrogens is 2. The Bertz CT molecular complexity index is 386. The molecule has 4 heteroatoms. The first kappa shape index (κ1) is 12.3. The maximum absolute atomic E-state index is 5.74. The summed E-state index contributed by atoms with van der Waals surface area (Å²) in [5, 5.41) is 3.37. The number of rotatable bonds is 4. The highest BCUT2D eigenvalue weighted by atomic mass is 16.5. The van der Waals surface area contributed by atoms with E-state index in [1.165, 1.54) is 0 Å². The highest BCUT2D eigenvalue weighted by molar-refractivity contribution is 5.36. The van der Waals surface area contributed by atoms with Crippen LogP contribution in [0.4, 0.5) is 5.82 Å². The zero-order valence-electron chi connectivity index (χ0n) is 10.9. The van der Waals surface area contributed by atoms with Crippen LogP contribution in [0.5, 0.6) is 0 Å².